The summed E-state index contributed by atoms with van der Waals surface area (Å²) in [5.74, 6) is 0.692. The molecule has 0 aliphatic carbocycles. The Labute approximate surface area is 132 Å². The Hall–Kier alpha value is -1.14. The van der Waals surface area contributed by atoms with Crippen molar-refractivity contribution >= 4 is 44.9 Å². The van der Waals surface area contributed by atoms with Crippen molar-refractivity contribution in [2.75, 3.05) is 18.4 Å². The molecule has 0 bridgehead atoms. The maximum atomic E-state index is 12.3. The molecule has 4 nitrogen and oxygen atoms in total. The normalized spacial score (nSPS) is 16.0. The van der Waals surface area contributed by atoms with Crippen molar-refractivity contribution in [1.29, 1.82) is 0 Å². The highest BCUT2D eigenvalue weighted by Gasteiger charge is 2.21. The molecule has 6 heteroatoms. The fourth-order valence-corrected chi connectivity index (χ4v) is 2.78. The molecule has 108 valence electrons. The van der Waals surface area contributed by atoms with Gasteiger partial charge in [-0.15, -0.1) is 0 Å². The number of halogens is 1. The van der Waals surface area contributed by atoms with Crippen LogP contribution in [0.3, 0.4) is 0 Å². The van der Waals surface area contributed by atoms with E-state index in [4.69, 9.17) is 18.0 Å². The van der Waals surface area contributed by atoms with Gasteiger partial charge in [0.25, 0.3) is 0 Å². The van der Waals surface area contributed by atoms with Crippen molar-refractivity contribution in [1.82, 2.24) is 4.90 Å². The van der Waals surface area contributed by atoms with E-state index in [1.165, 1.54) is 0 Å². The number of anilines is 1. The third-order valence-electron chi connectivity index (χ3n) is 3.56. The first-order valence-corrected chi connectivity index (χ1v) is 7.83. The molecular formula is C14H18BrN3OS. The Morgan fingerprint density at radius 2 is 2.10 bits per heavy atom. The Balaban J connectivity index is 2.11. The zero-order valence-electron chi connectivity index (χ0n) is 11.4. The van der Waals surface area contributed by atoms with Gasteiger partial charge in [-0.05, 0) is 37.0 Å². The van der Waals surface area contributed by atoms with Gasteiger partial charge in [0, 0.05) is 23.1 Å². The number of piperidine rings is 1. The maximum absolute atomic E-state index is 12.3. The van der Waals surface area contributed by atoms with Crippen LogP contribution in [0.25, 0.3) is 0 Å². The van der Waals surface area contributed by atoms with Crippen LogP contribution in [0.1, 0.15) is 25.3 Å². The Morgan fingerprint density at radius 1 is 1.45 bits per heavy atom. The summed E-state index contributed by atoms with van der Waals surface area (Å²) in [7, 11) is 0. The van der Waals surface area contributed by atoms with Gasteiger partial charge in [0.1, 0.15) is 4.99 Å². The second-order valence-corrected chi connectivity index (χ2v) is 6.51. The topological polar surface area (TPSA) is 58.4 Å². The molecule has 1 aliphatic heterocycles. The number of likely N-dealkylation sites (tertiary alicyclic amines) is 1. The lowest BCUT2D eigenvalue weighted by atomic mass is 10.00. The fraction of sp³-hybridized carbons (Fsp3) is 0.429. The number of urea groups is 1. The van der Waals surface area contributed by atoms with Gasteiger partial charge in [-0.1, -0.05) is 35.1 Å². The number of nitrogens with two attached hydrogens (primary N) is 1. The zero-order valence-corrected chi connectivity index (χ0v) is 13.8. The number of hydrogen-bond acceptors (Lipinski definition) is 2. The number of nitrogens with zero attached hydrogens (tertiary/aromatic N) is 1. The smallest absolute Gasteiger partial charge is 0.321 e. The molecule has 0 spiro atoms. The second-order valence-electron chi connectivity index (χ2n) is 5.15. The molecule has 3 N–H and O–H groups in total. The van der Waals surface area contributed by atoms with Crippen LogP contribution < -0.4 is 11.1 Å². The second kappa shape index (κ2) is 6.54. The first kappa shape index (κ1) is 15.3. The number of thiocarbonyl (C=S) groups is 1. The van der Waals surface area contributed by atoms with Crippen LogP contribution in [-0.4, -0.2) is 29.0 Å². The van der Waals surface area contributed by atoms with Crippen molar-refractivity contribution in [2.45, 2.75) is 19.8 Å². The summed E-state index contributed by atoms with van der Waals surface area (Å²) in [6, 6.07) is 5.39. The minimum Gasteiger partial charge on any atom is -0.389 e. The minimum atomic E-state index is -0.0903. The van der Waals surface area contributed by atoms with Crippen LogP contribution in [0, 0.1) is 5.92 Å². The van der Waals surface area contributed by atoms with Crippen molar-refractivity contribution in [2.24, 2.45) is 11.7 Å². The van der Waals surface area contributed by atoms with Crippen LogP contribution in [0.2, 0.25) is 0 Å². The van der Waals surface area contributed by atoms with Crippen molar-refractivity contribution in [3.63, 3.8) is 0 Å². The van der Waals surface area contributed by atoms with Crippen LogP contribution >= 0.6 is 28.1 Å². The molecular weight excluding hydrogens is 338 g/mol. The summed E-state index contributed by atoms with van der Waals surface area (Å²) in [6.07, 6.45) is 2.10. The first-order valence-electron chi connectivity index (χ1n) is 6.62. The van der Waals surface area contributed by atoms with Crippen LogP contribution in [0.5, 0.6) is 0 Å². The maximum Gasteiger partial charge on any atom is 0.321 e. The largest absolute Gasteiger partial charge is 0.389 e. The van der Waals surface area contributed by atoms with E-state index in [2.05, 4.69) is 28.2 Å². The highest BCUT2D eigenvalue weighted by atomic mass is 79.9. The van der Waals surface area contributed by atoms with Gasteiger partial charge in [-0.3, -0.25) is 0 Å². The Morgan fingerprint density at radius 3 is 2.70 bits per heavy atom. The summed E-state index contributed by atoms with van der Waals surface area (Å²) in [5.41, 5.74) is 7.02. The van der Waals surface area contributed by atoms with E-state index in [1.54, 1.807) is 6.07 Å². The molecule has 2 amide bonds. The molecule has 1 aromatic carbocycles. The van der Waals surface area contributed by atoms with Gasteiger partial charge in [0.15, 0.2) is 0 Å². The lowest BCUT2D eigenvalue weighted by Gasteiger charge is -2.30. The molecule has 20 heavy (non-hydrogen) atoms. The summed E-state index contributed by atoms with van der Waals surface area (Å²) in [6.45, 7) is 3.81. The third kappa shape index (κ3) is 3.70. The molecule has 2 rings (SSSR count). The van der Waals surface area contributed by atoms with E-state index in [0.29, 0.717) is 17.2 Å². The average Bonchev–Trinajstić information content (AvgIpc) is 2.39. The summed E-state index contributed by atoms with van der Waals surface area (Å²) < 4.78 is 0.875. The fourth-order valence-electron chi connectivity index (χ4n) is 2.24. The highest BCUT2D eigenvalue weighted by molar-refractivity contribution is 9.10. The van der Waals surface area contributed by atoms with Crippen LogP contribution in [0.15, 0.2) is 22.7 Å². The third-order valence-corrected chi connectivity index (χ3v) is 4.27. The van der Waals surface area contributed by atoms with Gasteiger partial charge >= 0.3 is 6.03 Å². The predicted octanol–water partition coefficient (Wildman–Crippen LogP) is 3.35. The minimum absolute atomic E-state index is 0.0903. The van der Waals surface area contributed by atoms with E-state index in [9.17, 15) is 4.79 Å². The molecule has 0 atom stereocenters. The van der Waals surface area contributed by atoms with E-state index < -0.39 is 0 Å². The number of benzene rings is 1. The number of rotatable bonds is 2. The Kier molecular flexibility index (Phi) is 4.99. The molecule has 1 aliphatic rings. The van der Waals surface area contributed by atoms with Gasteiger partial charge in [0.05, 0.1) is 5.69 Å². The Bertz CT molecular complexity index is 527. The molecule has 0 saturated carbocycles. The van der Waals surface area contributed by atoms with Gasteiger partial charge in [-0.25, -0.2) is 4.79 Å². The number of amides is 2. The molecule has 1 saturated heterocycles. The van der Waals surface area contributed by atoms with Crippen molar-refractivity contribution in [3.8, 4) is 0 Å². The van der Waals surface area contributed by atoms with E-state index in [-0.39, 0.29) is 11.0 Å². The number of carbonyl (C=O) groups is 1. The SMILES string of the molecule is CC1CCN(C(=O)Nc2cc(Br)ccc2C(N)=S)CC1. The molecule has 0 aromatic heterocycles. The lowest BCUT2D eigenvalue weighted by Crippen LogP contribution is -2.40. The lowest BCUT2D eigenvalue weighted by molar-refractivity contribution is 0.186. The van der Waals surface area contributed by atoms with E-state index >= 15 is 0 Å². The number of hydrogen-bond donors (Lipinski definition) is 2. The number of nitrogens with one attached hydrogen (secondary N) is 1. The molecule has 1 heterocycles. The average molecular weight is 356 g/mol. The van der Waals surface area contributed by atoms with Crippen molar-refractivity contribution < 1.29 is 4.79 Å². The molecule has 1 fully saturated rings. The zero-order chi connectivity index (χ0) is 14.7. The summed E-state index contributed by atoms with van der Waals surface area (Å²) in [4.78, 5) is 14.4. The van der Waals surface area contributed by atoms with E-state index in [1.807, 2.05) is 17.0 Å². The van der Waals surface area contributed by atoms with Gasteiger partial charge < -0.3 is 16.0 Å². The van der Waals surface area contributed by atoms with Crippen LogP contribution in [0.4, 0.5) is 10.5 Å². The summed E-state index contributed by atoms with van der Waals surface area (Å²) >= 11 is 8.41. The highest BCUT2D eigenvalue weighted by Crippen LogP contribution is 2.23. The van der Waals surface area contributed by atoms with Gasteiger partial charge in [-0.2, -0.15) is 0 Å². The molecule has 0 radical (unpaired) electrons. The van der Waals surface area contributed by atoms with E-state index in [0.717, 1.165) is 30.4 Å². The standard InChI is InChI=1S/C14H18BrN3OS/c1-9-4-6-18(7-5-9)14(19)17-12-8-10(15)2-3-11(12)13(16)20/h2-3,8-9H,4-7H2,1H3,(H2,16,20)(H,17,19). The number of carbonyl (C=O) groups excluding carboxylic acids is 1. The quantitative estimate of drug-likeness (QED) is 0.799. The first-order chi connectivity index (χ1) is 9.47. The molecule has 1 aromatic rings. The predicted molar refractivity (Wildman–Crippen MR) is 89.0 cm³/mol. The summed E-state index contributed by atoms with van der Waals surface area (Å²) in [5, 5.41) is 2.91. The van der Waals surface area contributed by atoms with Crippen molar-refractivity contribution in [3.05, 3.63) is 28.2 Å². The molecule has 0 unspecified atom stereocenters. The van der Waals surface area contributed by atoms with Gasteiger partial charge in [0.2, 0.25) is 0 Å². The van der Waals surface area contributed by atoms with Crippen LogP contribution in [-0.2, 0) is 0 Å². The monoisotopic (exact) mass is 355 g/mol.